The summed E-state index contributed by atoms with van der Waals surface area (Å²) >= 11 is 1.05. The maximum Gasteiger partial charge on any atom is 0.437 e. The first-order chi connectivity index (χ1) is 16.7. The van der Waals surface area contributed by atoms with Gasteiger partial charge in [0, 0.05) is 19.8 Å². The lowest BCUT2D eigenvalue weighted by Gasteiger charge is -2.51. The number of carbonyl (C=O) groups excluding carboxylic acids is 3. The van der Waals surface area contributed by atoms with Crippen molar-refractivity contribution in [1.82, 2.24) is 15.3 Å². The van der Waals surface area contributed by atoms with Gasteiger partial charge in [-0.05, 0) is 17.5 Å². The molecule has 0 aromatic carbocycles. The van der Waals surface area contributed by atoms with Crippen molar-refractivity contribution in [2.75, 3.05) is 27.9 Å². The Morgan fingerprint density at radius 2 is 2.00 bits per heavy atom. The summed E-state index contributed by atoms with van der Waals surface area (Å²) in [5.74, 6) is -2.70. The number of thioether (sulfide) groups is 1. The number of rotatable bonds is 10. The molecule has 0 radical (unpaired) electrons. The molecule has 3 rings (SSSR count). The van der Waals surface area contributed by atoms with Gasteiger partial charge >= 0.3 is 19.8 Å². The Kier molecular flexibility index (Phi) is 8.22. The normalized spacial score (nSPS) is 21.9. The SMILES string of the molecule is CO/N=C(\C(=O)N[C@@H]1C(=O)N2[C@@H](C(=O)O)C(COC(=O)NP(=O)(OC)OC)=CS[C@H]12)c1ccco1. The fourth-order valence-electron chi connectivity index (χ4n) is 3.20. The van der Waals surface area contributed by atoms with Crippen molar-refractivity contribution < 1.29 is 51.9 Å². The predicted molar refractivity (Wildman–Crippen MR) is 118 cm³/mol. The fraction of sp³-hybridized carbons (Fsp3) is 0.389. The van der Waals surface area contributed by atoms with Crippen LogP contribution in [0.5, 0.6) is 0 Å². The van der Waals surface area contributed by atoms with Gasteiger partial charge in [0.1, 0.15) is 25.1 Å². The highest BCUT2D eigenvalue weighted by atomic mass is 32.2. The Hall–Kier alpha value is -3.33. The Morgan fingerprint density at radius 1 is 1.29 bits per heavy atom. The van der Waals surface area contributed by atoms with Crippen molar-refractivity contribution in [3.8, 4) is 0 Å². The summed E-state index contributed by atoms with van der Waals surface area (Å²) in [6.07, 6.45) is 0.147. The number of furan rings is 1. The van der Waals surface area contributed by atoms with Gasteiger partial charge in [0.25, 0.3) is 5.91 Å². The molecule has 1 saturated heterocycles. The quantitative estimate of drug-likeness (QED) is 0.164. The third-order valence-electron chi connectivity index (χ3n) is 4.82. The van der Waals surface area contributed by atoms with Crippen LogP contribution >= 0.6 is 19.5 Å². The minimum absolute atomic E-state index is 0.0777. The zero-order chi connectivity index (χ0) is 25.8. The molecule has 3 atom stereocenters. The van der Waals surface area contributed by atoms with E-state index in [2.05, 4.69) is 24.4 Å². The van der Waals surface area contributed by atoms with Crippen LogP contribution in [0.1, 0.15) is 5.76 Å². The highest BCUT2D eigenvalue weighted by Crippen LogP contribution is 2.42. The third-order valence-corrected chi connectivity index (χ3v) is 7.45. The number of carboxylic acid groups (broad SMARTS) is 1. The summed E-state index contributed by atoms with van der Waals surface area (Å²) in [6.45, 7) is -0.528. The van der Waals surface area contributed by atoms with Gasteiger partial charge in [0.05, 0.1) is 6.26 Å². The summed E-state index contributed by atoms with van der Waals surface area (Å²) in [5.41, 5.74) is -0.131. The maximum absolute atomic E-state index is 12.8. The highest BCUT2D eigenvalue weighted by molar-refractivity contribution is 8.03. The van der Waals surface area contributed by atoms with E-state index >= 15 is 0 Å². The molecule has 0 bridgehead atoms. The van der Waals surface area contributed by atoms with E-state index in [1.807, 2.05) is 5.09 Å². The zero-order valence-electron chi connectivity index (χ0n) is 18.5. The van der Waals surface area contributed by atoms with E-state index < -0.39 is 55.7 Å². The molecule has 0 spiro atoms. The van der Waals surface area contributed by atoms with E-state index in [0.717, 1.165) is 30.9 Å². The highest BCUT2D eigenvalue weighted by Gasteiger charge is 2.56. The summed E-state index contributed by atoms with van der Waals surface area (Å²) in [5, 5.41) is 18.4. The van der Waals surface area contributed by atoms with E-state index in [1.165, 1.54) is 30.9 Å². The summed E-state index contributed by atoms with van der Waals surface area (Å²) in [7, 11) is -0.575. The van der Waals surface area contributed by atoms with Crippen molar-refractivity contribution in [1.29, 1.82) is 0 Å². The molecule has 35 heavy (non-hydrogen) atoms. The molecule has 0 unspecified atom stereocenters. The van der Waals surface area contributed by atoms with Gasteiger partial charge in [-0.2, -0.15) is 0 Å². The number of hydrogen-bond donors (Lipinski definition) is 3. The topological polar surface area (TPSA) is 195 Å². The Labute approximate surface area is 202 Å². The summed E-state index contributed by atoms with van der Waals surface area (Å²) < 4.78 is 31.1. The predicted octanol–water partition coefficient (Wildman–Crippen LogP) is 0.494. The van der Waals surface area contributed by atoms with Gasteiger partial charge in [0.15, 0.2) is 11.8 Å². The van der Waals surface area contributed by atoms with Gasteiger partial charge in [-0.1, -0.05) is 5.16 Å². The van der Waals surface area contributed by atoms with Crippen LogP contribution in [0.4, 0.5) is 4.79 Å². The fourth-order valence-corrected chi connectivity index (χ4v) is 5.03. The van der Waals surface area contributed by atoms with Crippen LogP contribution in [-0.4, -0.2) is 85.0 Å². The monoisotopic (exact) mass is 532 g/mol. The largest absolute Gasteiger partial charge is 0.479 e. The lowest BCUT2D eigenvalue weighted by atomic mass is 9.98. The molecule has 1 aromatic heterocycles. The number of hydrogen-bond acceptors (Lipinski definition) is 12. The third kappa shape index (κ3) is 5.51. The maximum atomic E-state index is 12.8. The van der Waals surface area contributed by atoms with Gasteiger partial charge in [-0.25, -0.2) is 19.2 Å². The summed E-state index contributed by atoms with van der Waals surface area (Å²) in [6, 6.07) is 0.508. The van der Waals surface area contributed by atoms with E-state index in [9.17, 15) is 28.8 Å². The van der Waals surface area contributed by atoms with Gasteiger partial charge < -0.3 is 29.3 Å². The number of nitrogens with one attached hydrogen (secondary N) is 2. The average Bonchev–Trinajstić information content (AvgIpc) is 3.38. The minimum Gasteiger partial charge on any atom is -0.479 e. The van der Waals surface area contributed by atoms with Crippen molar-refractivity contribution in [2.24, 2.45) is 5.16 Å². The molecule has 3 amide bonds. The number of fused-ring (bicyclic) bond motifs is 1. The minimum atomic E-state index is -3.91. The Balaban J connectivity index is 1.69. The summed E-state index contributed by atoms with van der Waals surface area (Å²) in [4.78, 5) is 55.0. The zero-order valence-corrected chi connectivity index (χ0v) is 20.2. The molecule has 3 N–H and O–H groups in total. The molecular weight excluding hydrogens is 511 g/mol. The van der Waals surface area contributed by atoms with Gasteiger partial charge in [-0.3, -0.25) is 18.6 Å². The number of oxime groups is 1. The van der Waals surface area contributed by atoms with Gasteiger partial charge in [0.2, 0.25) is 11.6 Å². The number of amides is 3. The van der Waals surface area contributed by atoms with Crippen LogP contribution in [0.3, 0.4) is 0 Å². The Bertz CT molecular complexity index is 1100. The second-order valence-electron chi connectivity index (χ2n) is 6.81. The number of carboxylic acids is 1. The number of carbonyl (C=O) groups is 4. The van der Waals surface area contributed by atoms with Crippen LogP contribution in [0.15, 0.2) is 38.9 Å². The number of aliphatic carboxylic acids is 1. The van der Waals surface area contributed by atoms with Crippen molar-refractivity contribution >= 4 is 49.1 Å². The molecular formula is C18H21N4O11PS. The molecule has 0 saturated carbocycles. The first-order valence-corrected chi connectivity index (χ1v) is 12.2. The molecule has 2 aliphatic rings. The molecule has 2 aliphatic heterocycles. The molecule has 3 heterocycles. The van der Waals surface area contributed by atoms with E-state index in [4.69, 9.17) is 9.15 Å². The van der Waals surface area contributed by atoms with Crippen LogP contribution in [0, 0.1) is 0 Å². The molecule has 17 heteroatoms. The molecule has 190 valence electrons. The standard InChI is InChI=1S/C18H21N4O11PS/c1-29-20-11(10-5-4-6-32-10)14(23)19-12-15(24)22-13(17(25)26)9(8-35-16(12)22)7-33-18(27)21-34(28,30-2)31-3/h4-6,8,12-13,16H,7H2,1-3H3,(H,19,23)(H,25,26)(H,21,27,28)/b20-11-/t12-,13-,16-/m1/s1. The molecule has 1 fully saturated rings. The number of nitrogens with zero attached hydrogens (tertiary/aromatic N) is 2. The van der Waals surface area contributed by atoms with Gasteiger partial charge in [-0.15, -0.1) is 11.8 Å². The molecule has 15 nitrogen and oxygen atoms in total. The van der Waals surface area contributed by atoms with E-state index in [-0.39, 0.29) is 17.0 Å². The molecule has 1 aromatic rings. The van der Waals surface area contributed by atoms with Crippen molar-refractivity contribution in [3.05, 3.63) is 35.1 Å². The van der Waals surface area contributed by atoms with Crippen LogP contribution in [0.25, 0.3) is 0 Å². The van der Waals surface area contributed by atoms with E-state index in [1.54, 1.807) is 0 Å². The van der Waals surface area contributed by atoms with Crippen molar-refractivity contribution in [2.45, 2.75) is 17.5 Å². The van der Waals surface area contributed by atoms with Crippen LogP contribution in [0.2, 0.25) is 0 Å². The second-order valence-corrected chi connectivity index (χ2v) is 9.75. The number of ether oxygens (including phenoxy) is 1. The average molecular weight is 532 g/mol. The molecule has 0 aliphatic carbocycles. The van der Waals surface area contributed by atoms with Crippen LogP contribution < -0.4 is 10.4 Å². The second kappa shape index (κ2) is 10.9. The smallest absolute Gasteiger partial charge is 0.437 e. The lowest BCUT2D eigenvalue weighted by Crippen LogP contribution is -2.74. The van der Waals surface area contributed by atoms with Crippen LogP contribution in [-0.2, 0) is 37.6 Å². The lowest BCUT2D eigenvalue weighted by molar-refractivity contribution is -0.160. The Morgan fingerprint density at radius 3 is 2.57 bits per heavy atom. The van der Waals surface area contributed by atoms with Crippen molar-refractivity contribution in [3.63, 3.8) is 0 Å². The first-order valence-electron chi connectivity index (χ1n) is 9.67. The number of β-lactam (4-membered cyclic amide) rings is 1. The first kappa shape index (κ1) is 26.3. The van der Waals surface area contributed by atoms with E-state index in [0.29, 0.717) is 0 Å².